The van der Waals surface area contributed by atoms with Gasteiger partial charge in [0.2, 0.25) is 5.91 Å². The van der Waals surface area contributed by atoms with E-state index in [2.05, 4.69) is 32.4 Å². The van der Waals surface area contributed by atoms with Gasteiger partial charge in [-0.2, -0.15) is 5.10 Å². The molecule has 2 aromatic carbocycles. The summed E-state index contributed by atoms with van der Waals surface area (Å²) in [5.41, 5.74) is 2.45. The van der Waals surface area contributed by atoms with Crippen LogP contribution in [0.1, 0.15) is 30.9 Å². The summed E-state index contributed by atoms with van der Waals surface area (Å²) in [4.78, 5) is 32.0. The molecule has 0 radical (unpaired) electrons. The molecule has 3 saturated heterocycles. The molecule has 1 N–H and O–H groups in total. The predicted molar refractivity (Wildman–Crippen MR) is 142 cm³/mol. The standard InChI is InChI=1S/C29H27FN6O3/c1-28-18-34(17-19-4-2-5-20(14-19)36-11-3-10-32-36)13-9-29(28,39-28)23-6-7-24-22(26(23)30)15-21(16-31-24)35-12-8-25(37)33-27(35)38/h2-7,10-11,14-16H,8-9,12-13,17-18H2,1H3,(H,33,37,38). The number of amides is 3. The summed E-state index contributed by atoms with van der Waals surface area (Å²) in [6.45, 7) is 4.48. The number of anilines is 1. The largest absolute Gasteiger partial charge is 0.356 e. The van der Waals surface area contributed by atoms with Gasteiger partial charge in [-0.15, -0.1) is 0 Å². The lowest BCUT2D eigenvalue weighted by atomic mass is 9.80. The zero-order valence-corrected chi connectivity index (χ0v) is 21.4. The van der Waals surface area contributed by atoms with Gasteiger partial charge in [0.25, 0.3) is 0 Å². The molecule has 0 saturated carbocycles. The Kier molecular flexibility index (Phi) is 5.33. The van der Waals surface area contributed by atoms with Gasteiger partial charge < -0.3 is 4.74 Å². The van der Waals surface area contributed by atoms with E-state index in [0.29, 0.717) is 35.1 Å². The molecule has 0 spiro atoms. The molecular weight excluding hydrogens is 499 g/mol. The van der Waals surface area contributed by atoms with E-state index in [1.165, 1.54) is 16.7 Å². The van der Waals surface area contributed by atoms with Gasteiger partial charge in [0.15, 0.2) is 0 Å². The molecule has 4 aromatic rings. The van der Waals surface area contributed by atoms with Crippen LogP contribution in [0.15, 0.2) is 67.1 Å². The number of likely N-dealkylation sites (tertiary alicyclic amines) is 1. The van der Waals surface area contributed by atoms with Crippen molar-refractivity contribution in [2.24, 2.45) is 0 Å². The molecule has 0 aliphatic carbocycles. The first kappa shape index (κ1) is 23.9. The first-order valence-electron chi connectivity index (χ1n) is 13.1. The molecule has 5 heterocycles. The summed E-state index contributed by atoms with van der Waals surface area (Å²) in [6, 6.07) is 14.9. The number of nitrogens with zero attached hydrogens (tertiary/aromatic N) is 5. The molecule has 3 aliphatic rings. The average molecular weight is 527 g/mol. The number of nitrogens with one attached hydrogen (secondary N) is 1. The molecule has 3 fully saturated rings. The highest BCUT2D eigenvalue weighted by Gasteiger charge is 2.70. The van der Waals surface area contributed by atoms with Crippen LogP contribution in [0.4, 0.5) is 14.9 Å². The van der Waals surface area contributed by atoms with Crippen LogP contribution in [-0.4, -0.2) is 56.8 Å². The van der Waals surface area contributed by atoms with Gasteiger partial charge in [0.05, 0.1) is 23.1 Å². The molecular formula is C29H27FN6O3. The lowest BCUT2D eigenvalue weighted by Crippen LogP contribution is -2.49. The molecule has 39 heavy (non-hydrogen) atoms. The fourth-order valence-electron chi connectivity index (χ4n) is 6.17. The number of carbonyl (C=O) groups excluding carboxylic acids is 2. The number of piperidine rings is 1. The van der Waals surface area contributed by atoms with Crippen molar-refractivity contribution < 1.29 is 18.7 Å². The molecule has 2 aromatic heterocycles. The van der Waals surface area contributed by atoms with Crippen LogP contribution in [0, 0.1) is 5.82 Å². The minimum absolute atomic E-state index is 0.186. The quantitative estimate of drug-likeness (QED) is 0.397. The van der Waals surface area contributed by atoms with Crippen LogP contribution in [0.2, 0.25) is 0 Å². The van der Waals surface area contributed by atoms with E-state index in [4.69, 9.17) is 4.74 Å². The van der Waals surface area contributed by atoms with E-state index >= 15 is 4.39 Å². The summed E-state index contributed by atoms with van der Waals surface area (Å²) in [6.07, 6.45) is 6.07. The number of hydrogen-bond donors (Lipinski definition) is 1. The minimum Gasteiger partial charge on any atom is -0.356 e. The molecule has 198 valence electrons. The van der Waals surface area contributed by atoms with Crippen molar-refractivity contribution in [1.29, 1.82) is 0 Å². The van der Waals surface area contributed by atoms with E-state index in [1.54, 1.807) is 24.4 Å². The molecule has 9 nitrogen and oxygen atoms in total. The molecule has 3 amide bonds. The van der Waals surface area contributed by atoms with Crippen LogP contribution in [0.5, 0.6) is 0 Å². The van der Waals surface area contributed by atoms with Crippen molar-refractivity contribution >= 4 is 28.5 Å². The third-order valence-corrected chi connectivity index (χ3v) is 8.19. The normalized spacial score (nSPS) is 25.0. The number of urea groups is 1. The summed E-state index contributed by atoms with van der Waals surface area (Å²) in [7, 11) is 0. The maximum Gasteiger partial charge on any atom is 0.328 e. The smallest absolute Gasteiger partial charge is 0.328 e. The Morgan fingerprint density at radius 2 is 2.00 bits per heavy atom. The molecule has 2 unspecified atom stereocenters. The molecule has 7 rings (SSSR count). The second-order valence-corrected chi connectivity index (χ2v) is 10.7. The number of halogens is 1. The molecule has 0 bridgehead atoms. The van der Waals surface area contributed by atoms with Gasteiger partial charge in [0, 0.05) is 55.9 Å². The molecule has 2 atom stereocenters. The number of rotatable bonds is 5. The Bertz CT molecular complexity index is 1620. The maximum atomic E-state index is 16.1. The second-order valence-electron chi connectivity index (χ2n) is 10.7. The van der Waals surface area contributed by atoms with Crippen LogP contribution in [-0.2, 0) is 21.7 Å². The van der Waals surface area contributed by atoms with E-state index in [-0.39, 0.29) is 24.7 Å². The predicted octanol–water partition coefficient (Wildman–Crippen LogP) is 3.90. The Morgan fingerprint density at radius 1 is 1.10 bits per heavy atom. The van der Waals surface area contributed by atoms with Crippen molar-refractivity contribution in [3.63, 3.8) is 0 Å². The number of benzene rings is 2. The average Bonchev–Trinajstić information content (AvgIpc) is 3.24. The van der Waals surface area contributed by atoms with Crippen LogP contribution in [0.25, 0.3) is 16.6 Å². The van der Waals surface area contributed by atoms with E-state index in [0.717, 1.165) is 18.8 Å². The summed E-state index contributed by atoms with van der Waals surface area (Å²) in [5.74, 6) is -0.695. The third kappa shape index (κ3) is 3.90. The Hall–Kier alpha value is -4.15. The van der Waals surface area contributed by atoms with Crippen LogP contribution >= 0.6 is 0 Å². The van der Waals surface area contributed by atoms with Crippen LogP contribution < -0.4 is 10.2 Å². The van der Waals surface area contributed by atoms with E-state index < -0.39 is 17.2 Å². The topological polar surface area (TPSA) is 95.9 Å². The highest BCUT2D eigenvalue weighted by atomic mass is 19.1. The number of ether oxygens (including phenoxy) is 1. The van der Waals surface area contributed by atoms with Gasteiger partial charge in [0.1, 0.15) is 17.0 Å². The summed E-state index contributed by atoms with van der Waals surface area (Å²) < 4.78 is 24.3. The number of pyridine rings is 1. The number of fused-ring (bicyclic) bond motifs is 2. The molecule has 10 heteroatoms. The lowest BCUT2D eigenvalue weighted by molar-refractivity contribution is -0.120. The van der Waals surface area contributed by atoms with Crippen molar-refractivity contribution in [1.82, 2.24) is 25.0 Å². The second kappa shape index (κ2) is 8.69. The maximum absolute atomic E-state index is 16.1. The zero-order chi connectivity index (χ0) is 26.8. The number of aromatic nitrogens is 3. The van der Waals surface area contributed by atoms with Gasteiger partial charge in [-0.05, 0) is 49.2 Å². The minimum atomic E-state index is -0.705. The zero-order valence-electron chi connectivity index (χ0n) is 21.4. The number of epoxide rings is 1. The highest BCUT2D eigenvalue weighted by molar-refractivity contribution is 6.06. The van der Waals surface area contributed by atoms with Crippen molar-refractivity contribution in [3.8, 4) is 5.69 Å². The SMILES string of the molecule is CC12CN(Cc3cccc(-n4cccn4)c3)CCC1(c1ccc3ncc(N4CCC(=O)NC4=O)cc3c1F)O2. The van der Waals surface area contributed by atoms with E-state index in [1.807, 2.05) is 36.0 Å². The van der Waals surface area contributed by atoms with Crippen LogP contribution in [0.3, 0.4) is 0 Å². The number of hydrogen-bond acceptors (Lipinski definition) is 6. The van der Waals surface area contributed by atoms with Gasteiger partial charge in [-0.25, -0.2) is 13.9 Å². The summed E-state index contributed by atoms with van der Waals surface area (Å²) in [5, 5.41) is 6.96. The van der Waals surface area contributed by atoms with E-state index in [9.17, 15) is 9.59 Å². The van der Waals surface area contributed by atoms with Gasteiger partial charge >= 0.3 is 6.03 Å². The van der Waals surface area contributed by atoms with Gasteiger partial charge in [-0.3, -0.25) is 24.9 Å². The van der Waals surface area contributed by atoms with Crippen molar-refractivity contribution in [2.45, 2.75) is 37.5 Å². The van der Waals surface area contributed by atoms with Crippen molar-refractivity contribution in [2.75, 3.05) is 24.5 Å². The third-order valence-electron chi connectivity index (χ3n) is 8.19. The van der Waals surface area contributed by atoms with Crippen molar-refractivity contribution in [3.05, 3.63) is 84.1 Å². The Morgan fingerprint density at radius 3 is 2.79 bits per heavy atom. The Balaban J connectivity index is 1.13. The first-order chi connectivity index (χ1) is 18.8. The fraction of sp³-hybridized carbons (Fsp3) is 0.310. The Labute approximate surface area is 224 Å². The highest BCUT2D eigenvalue weighted by Crippen LogP contribution is 2.61. The molecule has 3 aliphatic heterocycles. The number of imide groups is 1. The summed E-state index contributed by atoms with van der Waals surface area (Å²) >= 11 is 0. The van der Waals surface area contributed by atoms with Gasteiger partial charge in [-0.1, -0.05) is 18.2 Å². The monoisotopic (exact) mass is 526 g/mol. The lowest BCUT2D eigenvalue weighted by Gasteiger charge is -2.33. The fourth-order valence-corrected chi connectivity index (χ4v) is 6.17. The first-order valence-corrected chi connectivity index (χ1v) is 13.1. The number of carbonyl (C=O) groups is 2.